The molecule has 30 heavy (non-hydrogen) atoms. The minimum Gasteiger partial charge on any atom is -0.469 e. The normalized spacial score (nSPS) is 16.9. The quantitative estimate of drug-likeness (QED) is 0.197. The van der Waals surface area contributed by atoms with Gasteiger partial charge in [0.1, 0.15) is 11.4 Å². The predicted molar refractivity (Wildman–Crippen MR) is 114 cm³/mol. The van der Waals surface area contributed by atoms with E-state index in [0.717, 1.165) is 18.4 Å². The number of nitrogens with two attached hydrogens (primary N) is 2. The molecule has 8 heteroatoms. The average molecular weight is 418 g/mol. The third kappa shape index (κ3) is 6.23. The molecule has 0 amide bonds. The number of rotatable bonds is 10. The van der Waals surface area contributed by atoms with Gasteiger partial charge in [0.05, 0.1) is 19.1 Å². The summed E-state index contributed by atoms with van der Waals surface area (Å²) in [5.41, 5.74) is 11.2. The number of hydrogen-bond acceptors (Lipinski definition) is 6. The number of benzene rings is 1. The standard InChI is InChI=1S/C22H31N3O5/c1-4-6-7-12-22(5-2,14-19(26)28-3)30-20(27)16-8-10-17-15(13-16)9-11-18(29-17)25-21(23)24/h4,8,10,13,18H,1,5-7,9,11-12,14H2,2-3H3,(H4,23,24,25). The Kier molecular flexibility index (Phi) is 8.26. The number of carbonyl (C=O) groups excluding carboxylic acids is 2. The van der Waals surface area contributed by atoms with Crippen molar-refractivity contribution in [2.45, 2.75) is 63.7 Å². The van der Waals surface area contributed by atoms with Crippen LogP contribution in [-0.4, -0.2) is 36.8 Å². The lowest BCUT2D eigenvalue weighted by Gasteiger charge is -2.32. The monoisotopic (exact) mass is 417 g/mol. The number of esters is 2. The number of hydrogen-bond donors (Lipinski definition) is 2. The van der Waals surface area contributed by atoms with Gasteiger partial charge in [-0.05, 0) is 55.9 Å². The number of methoxy groups -OCH3 is 1. The summed E-state index contributed by atoms with van der Waals surface area (Å²) in [6.07, 6.45) is 5.22. The SMILES string of the molecule is C=CCCCC(CC)(CC(=O)OC)OC(=O)c1ccc2c(c1)CCC(N=C(N)N)O2. The van der Waals surface area contributed by atoms with Gasteiger partial charge < -0.3 is 25.7 Å². The van der Waals surface area contributed by atoms with Crippen molar-refractivity contribution in [2.75, 3.05) is 7.11 Å². The number of unbranched alkanes of at least 4 members (excludes halogenated alkanes) is 1. The number of guanidine groups is 1. The van der Waals surface area contributed by atoms with Crippen LogP contribution < -0.4 is 16.2 Å². The Morgan fingerprint density at radius 3 is 2.80 bits per heavy atom. The second kappa shape index (κ2) is 10.7. The van der Waals surface area contributed by atoms with Crippen LogP contribution >= 0.6 is 0 Å². The van der Waals surface area contributed by atoms with Crippen molar-refractivity contribution in [3.8, 4) is 5.75 Å². The van der Waals surface area contributed by atoms with E-state index in [1.165, 1.54) is 7.11 Å². The van der Waals surface area contributed by atoms with E-state index >= 15 is 0 Å². The molecule has 0 saturated heterocycles. The molecule has 1 aliphatic rings. The first-order valence-corrected chi connectivity index (χ1v) is 10.1. The molecule has 1 aliphatic heterocycles. The van der Waals surface area contributed by atoms with Gasteiger partial charge in [0.2, 0.25) is 0 Å². The summed E-state index contributed by atoms with van der Waals surface area (Å²) in [6.45, 7) is 5.62. The molecule has 1 aromatic rings. The maximum absolute atomic E-state index is 12.9. The van der Waals surface area contributed by atoms with Gasteiger partial charge in [0.15, 0.2) is 12.2 Å². The van der Waals surface area contributed by atoms with Crippen LogP contribution in [0.5, 0.6) is 5.75 Å². The zero-order valence-corrected chi connectivity index (χ0v) is 17.7. The number of nitrogens with zero attached hydrogens (tertiary/aromatic N) is 1. The Morgan fingerprint density at radius 1 is 1.40 bits per heavy atom. The minimum absolute atomic E-state index is 0.0110. The molecular weight excluding hydrogens is 386 g/mol. The molecule has 8 nitrogen and oxygen atoms in total. The van der Waals surface area contributed by atoms with Gasteiger partial charge in [-0.3, -0.25) is 4.79 Å². The molecule has 1 aromatic carbocycles. The van der Waals surface area contributed by atoms with Crippen LogP contribution in [0.1, 0.15) is 61.4 Å². The lowest BCUT2D eigenvalue weighted by Crippen LogP contribution is -2.37. The first kappa shape index (κ1) is 23.3. The number of aryl methyl sites for hydroxylation is 1. The van der Waals surface area contributed by atoms with Crippen LogP contribution in [0.3, 0.4) is 0 Å². The van der Waals surface area contributed by atoms with Gasteiger partial charge in [-0.2, -0.15) is 0 Å². The Morgan fingerprint density at radius 2 is 2.17 bits per heavy atom. The smallest absolute Gasteiger partial charge is 0.338 e. The summed E-state index contributed by atoms with van der Waals surface area (Å²) in [7, 11) is 1.33. The van der Waals surface area contributed by atoms with Crippen molar-refractivity contribution in [2.24, 2.45) is 16.5 Å². The molecule has 0 spiro atoms. The predicted octanol–water partition coefficient (Wildman–Crippen LogP) is 2.84. The molecule has 0 saturated carbocycles. The first-order chi connectivity index (χ1) is 14.3. The molecule has 164 valence electrons. The van der Waals surface area contributed by atoms with Crippen molar-refractivity contribution < 1.29 is 23.8 Å². The van der Waals surface area contributed by atoms with Crippen molar-refractivity contribution in [3.05, 3.63) is 42.0 Å². The van der Waals surface area contributed by atoms with Gasteiger partial charge in [-0.1, -0.05) is 13.0 Å². The van der Waals surface area contributed by atoms with Gasteiger partial charge in [0, 0.05) is 6.42 Å². The Balaban J connectivity index is 2.18. The maximum Gasteiger partial charge on any atom is 0.338 e. The molecule has 2 rings (SSSR count). The molecule has 2 atom stereocenters. The van der Waals surface area contributed by atoms with E-state index in [4.69, 9.17) is 25.7 Å². The van der Waals surface area contributed by atoms with E-state index in [1.807, 2.05) is 6.92 Å². The summed E-state index contributed by atoms with van der Waals surface area (Å²) < 4.78 is 16.5. The summed E-state index contributed by atoms with van der Waals surface area (Å²) in [6, 6.07) is 5.11. The second-order valence-electron chi connectivity index (χ2n) is 7.35. The van der Waals surface area contributed by atoms with Crippen molar-refractivity contribution >= 4 is 17.9 Å². The molecule has 0 aliphatic carbocycles. The number of allylic oxidation sites excluding steroid dienone is 1. The Hall–Kier alpha value is -3.03. The molecule has 1 heterocycles. The highest BCUT2D eigenvalue weighted by Gasteiger charge is 2.36. The lowest BCUT2D eigenvalue weighted by atomic mass is 9.89. The number of carbonyl (C=O) groups is 2. The fraction of sp³-hybridized carbons (Fsp3) is 0.500. The first-order valence-electron chi connectivity index (χ1n) is 10.1. The van der Waals surface area contributed by atoms with Crippen molar-refractivity contribution in [1.29, 1.82) is 0 Å². The van der Waals surface area contributed by atoms with Crippen molar-refractivity contribution in [1.82, 2.24) is 0 Å². The molecule has 0 fully saturated rings. The number of ether oxygens (including phenoxy) is 3. The van der Waals surface area contributed by atoms with E-state index in [-0.39, 0.29) is 12.4 Å². The molecule has 4 N–H and O–H groups in total. The highest BCUT2D eigenvalue weighted by molar-refractivity contribution is 5.90. The molecular formula is C22H31N3O5. The van der Waals surface area contributed by atoms with E-state index in [0.29, 0.717) is 37.0 Å². The third-order valence-electron chi connectivity index (χ3n) is 5.20. The fourth-order valence-corrected chi connectivity index (χ4v) is 3.47. The molecule has 2 unspecified atom stereocenters. The van der Waals surface area contributed by atoms with Crippen molar-refractivity contribution in [3.63, 3.8) is 0 Å². The van der Waals surface area contributed by atoms with E-state index in [1.54, 1.807) is 24.3 Å². The highest BCUT2D eigenvalue weighted by Crippen LogP contribution is 2.32. The molecule has 0 bridgehead atoms. The highest BCUT2D eigenvalue weighted by atomic mass is 16.6. The minimum atomic E-state index is -0.919. The van der Waals surface area contributed by atoms with Crippen LogP contribution in [-0.2, 0) is 20.7 Å². The van der Waals surface area contributed by atoms with Crippen LogP contribution in [0.15, 0.2) is 35.8 Å². The summed E-state index contributed by atoms with van der Waals surface area (Å²) in [5, 5.41) is 0. The van der Waals surface area contributed by atoms with E-state index < -0.39 is 23.8 Å². The summed E-state index contributed by atoms with van der Waals surface area (Å²) >= 11 is 0. The Bertz CT molecular complexity index is 804. The van der Waals surface area contributed by atoms with Crippen LogP contribution in [0.2, 0.25) is 0 Å². The Labute approximate surface area is 177 Å². The summed E-state index contributed by atoms with van der Waals surface area (Å²) in [4.78, 5) is 28.9. The largest absolute Gasteiger partial charge is 0.469 e. The van der Waals surface area contributed by atoms with Crippen LogP contribution in [0.25, 0.3) is 0 Å². The third-order valence-corrected chi connectivity index (χ3v) is 5.20. The van der Waals surface area contributed by atoms with E-state index in [2.05, 4.69) is 11.6 Å². The zero-order valence-electron chi connectivity index (χ0n) is 17.7. The number of fused-ring (bicyclic) bond motifs is 1. The van der Waals surface area contributed by atoms with E-state index in [9.17, 15) is 9.59 Å². The van der Waals surface area contributed by atoms with Gasteiger partial charge in [0.25, 0.3) is 0 Å². The van der Waals surface area contributed by atoms with Gasteiger partial charge >= 0.3 is 11.9 Å². The van der Waals surface area contributed by atoms with Crippen LogP contribution in [0.4, 0.5) is 0 Å². The topological polar surface area (TPSA) is 126 Å². The lowest BCUT2D eigenvalue weighted by molar-refractivity contribution is -0.147. The van der Waals surface area contributed by atoms with Gasteiger partial charge in [-0.15, -0.1) is 6.58 Å². The maximum atomic E-state index is 12.9. The van der Waals surface area contributed by atoms with Gasteiger partial charge in [-0.25, -0.2) is 9.79 Å². The molecule has 0 aromatic heterocycles. The molecule has 0 radical (unpaired) electrons. The average Bonchev–Trinajstić information content (AvgIpc) is 2.72. The van der Waals surface area contributed by atoms with Crippen LogP contribution in [0, 0.1) is 0 Å². The second-order valence-corrected chi connectivity index (χ2v) is 7.35. The zero-order chi connectivity index (χ0) is 22.1. The fourth-order valence-electron chi connectivity index (χ4n) is 3.47. The summed E-state index contributed by atoms with van der Waals surface area (Å²) in [5.74, 6) is -0.280. The number of aliphatic imine (C=N–C) groups is 1.